The number of hydrogen-bond donors (Lipinski definition) is 1. The monoisotopic (exact) mass is 346 g/mol. The van der Waals surface area contributed by atoms with Gasteiger partial charge in [-0.2, -0.15) is 5.10 Å². The predicted molar refractivity (Wildman–Crippen MR) is 83.3 cm³/mol. The number of aromatic nitrogens is 2. The zero-order valence-electron chi connectivity index (χ0n) is 10.9. The number of benzene rings is 1. The van der Waals surface area contributed by atoms with E-state index in [1.165, 1.54) is 12.1 Å². The van der Waals surface area contributed by atoms with Crippen LogP contribution in [0, 0.1) is 10.1 Å². The van der Waals surface area contributed by atoms with Crippen molar-refractivity contribution in [2.75, 3.05) is 5.32 Å². The van der Waals surface area contributed by atoms with E-state index in [1.807, 2.05) is 24.4 Å². The summed E-state index contributed by atoms with van der Waals surface area (Å²) in [6.45, 7) is 0.535. The van der Waals surface area contributed by atoms with Gasteiger partial charge in [0.15, 0.2) is 0 Å². The van der Waals surface area contributed by atoms with Crippen molar-refractivity contribution >= 4 is 32.8 Å². The van der Waals surface area contributed by atoms with Crippen molar-refractivity contribution in [1.29, 1.82) is 0 Å². The molecular formula is C14H11BrN4O2. The lowest BCUT2D eigenvalue weighted by molar-refractivity contribution is -0.384. The third kappa shape index (κ3) is 2.73. The first-order chi connectivity index (χ1) is 10.1. The normalized spacial score (nSPS) is 10.7. The van der Waals surface area contributed by atoms with Gasteiger partial charge in [0.05, 0.1) is 22.3 Å². The van der Waals surface area contributed by atoms with Gasteiger partial charge in [-0.05, 0) is 34.1 Å². The molecule has 3 rings (SSSR count). The largest absolute Gasteiger partial charge is 0.380 e. The van der Waals surface area contributed by atoms with Gasteiger partial charge >= 0.3 is 0 Å². The van der Waals surface area contributed by atoms with Crippen LogP contribution in [0.4, 0.5) is 11.4 Å². The number of anilines is 1. The molecule has 0 aliphatic heterocycles. The second-order valence-electron chi connectivity index (χ2n) is 4.48. The highest BCUT2D eigenvalue weighted by molar-refractivity contribution is 9.10. The summed E-state index contributed by atoms with van der Waals surface area (Å²) in [5.74, 6) is 0. The van der Waals surface area contributed by atoms with Gasteiger partial charge in [-0.15, -0.1) is 0 Å². The first-order valence-corrected chi connectivity index (χ1v) is 7.03. The van der Waals surface area contributed by atoms with Crippen molar-refractivity contribution in [3.63, 3.8) is 0 Å². The Morgan fingerprint density at radius 3 is 3.00 bits per heavy atom. The van der Waals surface area contributed by atoms with Crippen LogP contribution >= 0.6 is 15.9 Å². The summed E-state index contributed by atoms with van der Waals surface area (Å²) in [5.41, 5.74) is 2.76. The molecule has 2 aromatic heterocycles. The molecule has 0 amide bonds. The highest BCUT2D eigenvalue weighted by Crippen LogP contribution is 2.27. The zero-order valence-corrected chi connectivity index (χ0v) is 12.4. The SMILES string of the molecule is O=[N+]([O-])c1ccc(Br)c(NCc2cnn3ccccc23)c1. The van der Waals surface area contributed by atoms with Gasteiger partial charge in [0.2, 0.25) is 0 Å². The first-order valence-electron chi connectivity index (χ1n) is 6.24. The van der Waals surface area contributed by atoms with E-state index in [9.17, 15) is 10.1 Å². The topological polar surface area (TPSA) is 72.5 Å². The summed E-state index contributed by atoms with van der Waals surface area (Å²) >= 11 is 3.39. The first kappa shape index (κ1) is 13.6. The number of nitrogens with one attached hydrogen (secondary N) is 1. The summed E-state index contributed by atoms with van der Waals surface area (Å²) in [4.78, 5) is 10.4. The maximum Gasteiger partial charge on any atom is 0.271 e. The molecule has 0 radical (unpaired) electrons. The minimum Gasteiger partial charge on any atom is -0.380 e. The highest BCUT2D eigenvalue weighted by Gasteiger charge is 2.10. The molecule has 1 aromatic carbocycles. The van der Waals surface area contributed by atoms with Crippen LogP contribution in [0.1, 0.15) is 5.56 Å². The quantitative estimate of drug-likeness (QED) is 0.578. The molecule has 3 aromatic rings. The molecule has 0 unspecified atom stereocenters. The predicted octanol–water partition coefficient (Wildman–Crippen LogP) is 3.62. The van der Waals surface area contributed by atoms with Crippen LogP contribution in [0.5, 0.6) is 0 Å². The molecule has 0 fully saturated rings. The van der Waals surface area contributed by atoms with Gasteiger partial charge in [0, 0.05) is 34.9 Å². The van der Waals surface area contributed by atoms with Crippen LogP contribution in [0.15, 0.2) is 53.3 Å². The van der Waals surface area contributed by atoms with Crippen molar-refractivity contribution < 1.29 is 4.92 Å². The number of hydrogen-bond acceptors (Lipinski definition) is 4. The van der Waals surface area contributed by atoms with Gasteiger partial charge in [-0.1, -0.05) is 6.07 Å². The average Bonchev–Trinajstić information content (AvgIpc) is 2.89. The van der Waals surface area contributed by atoms with Crippen LogP contribution in [0.2, 0.25) is 0 Å². The third-order valence-electron chi connectivity index (χ3n) is 3.14. The van der Waals surface area contributed by atoms with E-state index in [0.29, 0.717) is 12.2 Å². The van der Waals surface area contributed by atoms with E-state index in [2.05, 4.69) is 26.3 Å². The van der Waals surface area contributed by atoms with Crippen LogP contribution in [0.3, 0.4) is 0 Å². The van der Waals surface area contributed by atoms with E-state index < -0.39 is 4.92 Å². The van der Waals surface area contributed by atoms with Crippen molar-refractivity contribution in [2.45, 2.75) is 6.54 Å². The van der Waals surface area contributed by atoms with Crippen LogP contribution < -0.4 is 5.32 Å². The molecule has 0 saturated heterocycles. The second-order valence-corrected chi connectivity index (χ2v) is 5.33. The number of rotatable bonds is 4. The fourth-order valence-corrected chi connectivity index (χ4v) is 2.46. The summed E-state index contributed by atoms with van der Waals surface area (Å²) in [6, 6.07) is 10.5. The van der Waals surface area contributed by atoms with E-state index in [1.54, 1.807) is 16.8 Å². The average molecular weight is 347 g/mol. The highest BCUT2D eigenvalue weighted by atomic mass is 79.9. The van der Waals surface area contributed by atoms with Gasteiger partial charge in [0.25, 0.3) is 5.69 Å². The molecular weight excluding hydrogens is 336 g/mol. The smallest absolute Gasteiger partial charge is 0.271 e. The molecule has 0 aliphatic carbocycles. The Bertz CT molecular complexity index is 816. The van der Waals surface area contributed by atoms with Gasteiger partial charge < -0.3 is 5.32 Å². The molecule has 106 valence electrons. The summed E-state index contributed by atoms with van der Waals surface area (Å²) in [6.07, 6.45) is 3.66. The van der Waals surface area contributed by atoms with Crippen molar-refractivity contribution in [2.24, 2.45) is 0 Å². The molecule has 7 heteroatoms. The number of nitro benzene ring substituents is 1. The molecule has 0 saturated carbocycles. The Labute approximate surface area is 128 Å². The molecule has 0 spiro atoms. The lowest BCUT2D eigenvalue weighted by atomic mass is 10.2. The molecule has 0 bridgehead atoms. The minimum atomic E-state index is -0.410. The molecule has 21 heavy (non-hydrogen) atoms. The Morgan fingerprint density at radius 2 is 2.19 bits per heavy atom. The summed E-state index contributed by atoms with van der Waals surface area (Å²) < 4.78 is 2.57. The van der Waals surface area contributed by atoms with Gasteiger partial charge in [-0.25, -0.2) is 4.52 Å². The third-order valence-corrected chi connectivity index (χ3v) is 3.83. The number of nitrogens with zero attached hydrogens (tertiary/aromatic N) is 3. The lowest BCUT2D eigenvalue weighted by Crippen LogP contribution is -2.00. The summed E-state index contributed by atoms with van der Waals surface area (Å²) in [7, 11) is 0. The van der Waals surface area contributed by atoms with E-state index in [-0.39, 0.29) is 5.69 Å². The van der Waals surface area contributed by atoms with Crippen LogP contribution in [0.25, 0.3) is 5.52 Å². The molecule has 6 nitrogen and oxygen atoms in total. The number of pyridine rings is 1. The molecule has 0 atom stereocenters. The van der Waals surface area contributed by atoms with E-state index in [0.717, 1.165) is 15.6 Å². The Kier molecular flexibility index (Phi) is 3.57. The maximum atomic E-state index is 10.8. The lowest BCUT2D eigenvalue weighted by Gasteiger charge is -2.07. The maximum absolute atomic E-state index is 10.8. The molecule has 2 heterocycles. The van der Waals surface area contributed by atoms with E-state index in [4.69, 9.17) is 0 Å². The number of non-ortho nitro benzene ring substituents is 1. The van der Waals surface area contributed by atoms with Crippen LogP contribution in [-0.4, -0.2) is 14.5 Å². The van der Waals surface area contributed by atoms with Gasteiger partial charge in [0.1, 0.15) is 0 Å². The van der Waals surface area contributed by atoms with Crippen LogP contribution in [-0.2, 0) is 6.54 Å². The number of halogens is 1. The number of nitro groups is 1. The fraction of sp³-hybridized carbons (Fsp3) is 0.0714. The molecule has 0 aliphatic rings. The van der Waals surface area contributed by atoms with Crippen molar-refractivity contribution in [3.8, 4) is 0 Å². The van der Waals surface area contributed by atoms with Crippen molar-refractivity contribution in [3.05, 3.63) is 68.9 Å². The number of fused-ring (bicyclic) bond motifs is 1. The Morgan fingerprint density at radius 1 is 1.33 bits per heavy atom. The second kappa shape index (κ2) is 5.53. The standard InChI is InChI=1S/C14H11BrN4O2/c15-12-5-4-11(19(20)21)7-13(12)16-8-10-9-17-18-6-2-1-3-14(10)18/h1-7,9,16H,8H2. The summed E-state index contributed by atoms with van der Waals surface area (Å²) in [5, 5.41) is 18.3. The van der Waals surface area contributed by atoms with Gasteiger partial charge in [-0.3, -0.25) is 10.1 Å². The Hall–Kier alpha value is -2.41. The van der Waals surface area contributed by atoms with Crippen molar-refractivity contribution in [1.82, 2.24) is 9.61 Å². The zero-order chi connectivity index (χ0) is 14.8. The minimum absolute atomic E-state index is 0.0561. The fourth-order valence-electron chi connectivity index (χ4n) is 2.08. The molecule has 1 N–H and O–H groups in total. The van der Waals surface area contributed by atoms with E-state index >= 15 is 0 Å². The Balaban J connectivity index is 1.84.